The number of halogens is 1. The molecular formula is C29H29FN2O4. The second-order valence-corrected chi connectivity index (χ2v) is 9.05. The van der Waals surface area contributed by atoms with Gasteiger partial charge in [0.25, 0.3) is 0 Å². The van der Waals surface area contributed by atoms with E-state index in [4.69, 9.17) is 9.47 Å². The predicted octanol–water partition coefficient (Wildman–Crippen LogP) is 5.18. The molecule has 2 aliphatic rings. The normalized spacial score (nSPS) is 16.8. The summed E-state index contributed by atoms with van der Waals surface area (Å²) in [7, 11) is 0. The van der Waals surface area contributed by atoms with Gasteiger partial charge in [-0.25, -0.2) is 4.39 Å². The maximum absolute atomic E-state index is 13.3. The Morgan fingerprint density at radius 3 is 2.53 bits per heavy atom. The molecule has 1 saturated heterocycles. The van der Waals surface area contributed by atoms with Crippen molar-refractivity contribution in [3.8, 4) is 17.2 Å². The van der Waals surface area contributed by atoms with Gasteiger partial charge in [0.15, 0.2) is 5.76 Å². The number of benzene rings is 3. The highest BCUT2D eigenvalue weighted by Gasteiger charge is 2.34. The lowest BCUT2D eigenvalue weighted by Crippen LogP contribution is -2.46. The third kappa shape index (κ3) is 4.66. The maximum Gasteiger partial charge on any atom is 0.232 e. The molecule has 0 saturated carbocycles. The van der Waals surface area contributed by atoms with Gasteiger partial charge < -0.3 is 19.5 Å². The van der Waals surface area contributed by atoms with Crippen molar-refractivity contribution >= 4 is 17.5 Å². The predicted molar refractivity (Wildman–Crippen MR) is 137 cm³/mol. The van der Waals surface area contributed by atoms with Crippen LogP contribution in [0.2, 0.25) is 0 Å². The summed E-state index contributed by atoms with van der Waals surface area (Å²) in [5.41, 5.74) is 3.54. The topological polar surface area (TPSA) is 62.2 Å². The molecule has 1 N–H and O–H groups in total. The van der Waals surface area contributed by atoms with Crippen molar-refractivity contribution < 1.29 is 23.8 Å². The minimum absolute atomic E-state index is 0.121. The molecule has 36 heavy (non-hydrogen) atoms. The van der Waals surface area contributed by atoms with Crippen molar-refractivity contribution in [1.82, 2.24) is 4.90 Å². The lowest BCUT2D eigenvalue weighted by Gasteiger charge is -2.36. The molecule has 6 nitrogen and oxygen atoms in total. The van der Waals surface area contributed by atoms with E-state index in [0.717, 1.165) is 37.4 Å². The van der Waals surface area contributed by atoms with Crippen LogP contribution in [-0.2, 0) is 6.54 Å². The zero-order valence-corrected chi connectivity index (χ0v) is 20.5. The summed E-state index contributed by atoms with van der Waals surface area (Å²) < 4.78 is 25.1. The van der Waals surface area contributed by atoms with Crippen LogP contribution in [0.3, 0.4) is 0 Å². The number of ether oxygens (including phenoxy) is 2. The standard InChI is InChI=1S/C29H29FN2O4/c1-3-35-25-7-5-4-6-20(25)17-26-28(34)27-19(2)16-24(33)23(29(27)36-26)18-31-12-14-32(15-13-31)22-10-8-21(30)9-11-22/h4-11,16-17,33H,3,12-15,18H2,1-2H3/b26-17-. The lowest BCUT2D eigenvalue weighted by atomic mass is 9.99. The number of allylic oxidation sites excluding steroid dienone is 1. The average molecular weight is 489 g/mol. The molecule has 7 heteroatoms. The number of fused-ring (bicyclic) bond motifs is 1. The van der Waals surface area contributed by atoms with E-state index >= 15 is 0 Å². The zero-order valence-electron chi connectivity index (χ0n) is 20.5. The Morgan fingerprint density at radius 1 is 1.08 bits per heavy atom. The highest BCUT2D eigenvalue weighted by molar-refractivity contribution is 6.16. The van der Waals surface area contributed by atoms with E-state index in [1.54, 1.807) is 24.3 Å². The molecular weight excluding hydrogens is 459 g/mol. The second kappa shape index (κ2) is 10.0. The number of para-hydroxylation sites is 1. The van der Waals surface area contributed by atoms with Crippen LogP contribution < -0.4 is 14.4 Å². The molecule has 0 radical (unpaired) electrons. The highest BCUT2D eigenvalue weighted by atomic mass is 19.1. The Bertz CT molecular complexity index is 1310. The number of carbonyl (C=O) groups is 1. The SMILES string of the molecule is CCOc1ccccc1/C=C1\Oc2c(CN3CCN(c4ccc(F)cc4)CC3)c(O)cc(C)c2C1=O. The van der Waals surface area contributed by atoms with Crippen LogP contribution in [0, 0.1) is 12.7 Å². The second-order valence-electron chi connectivity index (χ2n) is 9.05. The third-order valence-electron chi connectivity index (χ3n) is 6.67. The van der Waals surface area contributed by atoms with E-state index in [2.05, 4.69) is 9.80 Å². The van der Waals surface area contributed by atoms with E-state index in [1.807, 2.05) is 38.1 Å². The molecule has 0 unspecified atom stereocenters. The smallest absolute Gasteiger partial charge is 0.232 e. The van der Waals surface area contributed by atoms with Gasteiger partial charge in [-0.15, -0.1) is 0 Å². The molecule has 0 atom stereocenters. The first kappa shape index (κ1) is 23.9. The molecule has 0 amide bonds. The van der Waals surface area contributed by atoms with Gasteiger partial charge in [0.2, 0.25) is 5.78 Å². The molecule has 0 spiro atoms. The Kier molecular flexibility index (Phi) is 6.65. The number of phenolic OH excluding ortho intramolecular Hbond substituents is 1. The number of hydrogen-bond donors (Lipinski definition) is 1. The fourth-order valence-corrected chi connectivity index (χ4v) is 4.80. The van der Waals surface area contributed by atoms with Gasteiger partial charge in [0.05, 0.1) is 17.7 Å². The monoisotopic (exact) mass is 488 g/mol. The number of piperazine rings is 1. The molecule has 3 aromatic rings. The number of aromatic hydroxyl groups is 1. The molecule has 2 aliphatic heterocycles. The van der Waals surface area contributed by atoms with Crippen LogP contribution in [0.25, 0.3) is 6.08 Å². The van der Waals surface area contributed by atoms with Gasteiger partial charge in [0.1, 0.15) is 23.1 Å². The highest BCUT2D eigenvalue weighted by Crippen LogP contribution is 2.42. The van der Waals surface area contributed by atoms with Gasteiger partial charge in [0, 0.05) is 44.0 Å². The number of anilines is 1. The number of aryl methyl sites for hydroxylation is 1. The largest absolute Gasteiger partial charge is 0.507 e. The minimum Gasteiger partial charge on any atom is -0.507 e. The Morgan fingerprint density at radius 2 is 1.81 bits per heavy atom. The van der Waals surface area contributed by atoms with E-state index in [9.17, 15) is 14.3 Å². The Labute approximate surface area is 210 Å². The van der Waals surface area contributed by atoms with Crippen LogP contribution >= 0.6 is 0 Å². The van der Waals surface area contributed by atoms with E-state index in [1.165, 1.54) is 12.1 Å². The van der Waals surface area contributed by atoms with Crippen molar-refractivity contribution in [3.63, 3.8) is 0 Å². The van der Waals surface area contributed by atoms with Crippen LogP contribution in [0.1, 0.15) is 34.0 Å². The number of Topliss-reactive ketones (excluding diaryl/α,β-unsaturated/α-hetero) is 1. The molecule has 5 rings (SSSR count). The van der Waals surface area contributed by atoms with Crippen molar-refractivity contribution in [3.05, 3.63) is 88.4 Å². The minimum atomic E-state index is -0.245. The summed E-state index contributed by atoms with van der Waals surface area (Å²) in [6.45, 7) is 7.77. The van der Waals surface area contributed by atoms with Gasteiger partial charge in [-0.1, -0.05) is 18.2 Å². The Hall–Kier alpha value is -3.84. The number of carbonyl (C=O) groups excluding carboxylic acids is 1. The molecule has 0 bridgehead atoms. The van der Waals surface area contributed by atoms with Gasteiger partial charge in [-0.05, 0) is 61.9 Å². The van der Waals surface area contributed by atoms with Crippen molar-refractivity contribution in [2.45, 2.75) is 20.4 Å². The van der Waals surface area contributed by atoms with Crippen molar-refractivity contribution in [2.75, 3.05) is 37.7 Å². The first-order valence-corrected chi connectivity index (χ1v) is 12.2. The third-order valence-corrected chi connectivity index (χ3v) is 6.67. The summed E-state index contributed by atoms with van der Waals surface area (Å²) in [4.78, 5) is 17.7. The maximum atomic E-state index is 13.3. The number of hydrogen-bond acceptors (Lipinski definition) is 6. The number of phenols is 1. The zero-order chi connectivity index (χ0) is 25.2. The Balaban J connectivity index is 1.37. The lowest BCUT2D eigenvalue weighted by molar-refractivity contribution is 0.101. The number of rotatable bonds is 6. The van der Waals surface area contributed by atoms with E-state index in [-0.39, 0.29) is 23.1 Å². The van der Waals surface area contributed by atoms with Gasteiger partial charge in [-0.2, -0.15) is 0 Å². The number of nitrogens with zero attached hydrogens (tertiary/aromatic N) is 2. The molecule has 186 valence electrons. The number of ketones is 1. The summed E-state index contributed by atoms with van der Waals surface area (Å²) in [6.07, 6.45) is 1.70. The van der Waals surface area contributed by atoms with Crippen LogP contribution in [0.15, 0.2) is 60.4 Å². The molecule has 0 aliphatic carbocycles. The van der Waals surface area contributed by atoms with Crippen LogP contribution in [0.5, 0.6) is 17.2 Å². The molecule has 1 fully saturated rings. The van der Waals surface area contributed by atoms with E-state index < -0.39 is 0 Å². The summed E-state index contributed by atoms with van der Waals surface area (Å²) in [6, 6.07) is 15.7. The van der Waals surface area contributed by atoms with Crippen molar-refractivity contribution in [2.24, 2.45) is 0 Å². The quantitative estimate of drug-likeness (QED) is 0.483. The average Bonchev–Trinajstić information content (AvgIpc) is 3.20. The van der Waals surface area contributed by atoms with Crippen LogP contribution in [-0.4, -0.2) is 48.6 Å². The van der Waals surface area contributed by atoms with E-state index in [0.29, 0.717) is 41.3 Å². The fraction of sp³-hybridized carbons (Fsp3) is 0.276. The van der Waals surface area contributed by atoms with Crippen LogP contribution in [0.4, 0.5) is 10.1 Å². The summed E-state index contributed by atoms with van der Waals surface area (Å²) in [5.74, 6) is 1.00. The molecule has 2 heterocycles. The summed E-state index contributed by atoms with van der Waals surface area (Å²) >= 11 is 0. The first-order chi connectivity index (χ1) is 17.4. The summed E-state index contributed by atoms with van der Waals surface area (Å²) in [5, 5.41) is 10.8. The van der Waals surface area contributed by atoms with Gasteiger partial charge in [-0.3, -0.25) is 9.69 Å². The van der Waals surface area contributed by atoms with Crippen molar-refractivity contribution in [1.29, 1.82) is 0 Å². The molecule has 3 aromatic carbocycles. The fourth-order valence-electron chi connectivity index (χ4n) is 4.80. The molecule has 0 aromatic heterocycles. The van der Waals surface area contributed by atoms with Gasteiger partial charge >= 0.3 is 0 Å². The first-order valence-electron chi connectivity index (χ1n) is 12.2.